The van der Waals surface area contributed by atoms with E-state index in [0.717, 1.165) is 12.8 Å². The Balaban J connectivity index is 0. The molecule has 0 amide bonds. The van der Waals surface area contributed by atoms with E-state index in [1.54, 1.807) is 4.91 Å². The van der Waals surface area contributed by atoms with Gasteiger partial charge in [0.1, 0.15) is 0 Å². The van der Waals surface area contributed by atoms with Crippen LogP contribution in [0.2, 0.25) is 0 Å². The summed E-state index contributed by atoms with van der Waals surface area (Å²) in [5, 5.41) is 8.52. The van der Waals surface area contributed by atoms with Gasteiger partial charge in [0.05, 0.1) is 0 Å². The topological polar surface area (TPSA) is 97.5 Å². The first-order valence-electron chi connectivity index (χ1n) is 9.41. The molecule has 0 radical (unpaired) electrons. The molecule has 0 fully saturated rings. The van der Waals surface area contributed by atoms with E-state index in [1.165, 1.54) is 83.5 Å². The van der Waals surface area contributed by atoms with Crippen molar-refractivity contribution in [2.24, 2.45) is 0 Å². The van der Waals surface area contributed by atoms with Crippen molar-refractivity contribution in [3.8, 4) is 0 Å². The average Bonchev–Trinajstić information content (AvgIpc) is 2.51. The maximum Gasteiger partial charge on any atom is 0.303 e. The van der Waals surface area contributed by atoms with E-state index in [1.807, 2.05) is 0 Å². The summed E-state index contributed by atoms with van der Waals surface area (Å²) in [5.74, 6) is -0.653. The Hall–Kier alpha value is -1.22. The highest BCUT2D eigenvalue weighted by atomic mass is 16.4. The second-order valence-corrected chi connectivity index (χ2v) is 6.19. The van der Waals surface area contributed by atoms with Crippen LogP contribution >= 0.6 is 0 Å². The smallest absolute Gasteiger partial charge is 0.303 e. The maximum atomic E-state index is 10.3. The van der Waals surface area contributed by atoms with Crippen LogP contribution in [-0.4, -0.2) is 11.1 Å². The average molecular weight is 328 g/mol. The highest BCUT2D eigenvalue weighted by Gasteiger charge is 1.97. The zero-order chi connectivity index (χ0) is 17.6. The monoisotopic (exact) mass is 327 g/mol. The van der Waals surface area contributed by atoms with Gasteiger partial charge in [0.15, 0.2) is 0 Å². The molecule has 0 aliphatic carbocycles. The van der Waals surface area contributed by atoms with E-state index < -0.39 is 5.97 Å². The van der Waals surface area contributed by atoms with Crippen LogP contribution in [-0.2, 0) is 4.79 Å². The van der Waals surface area contributed by atoms with Gasteiger partial charge in [0.25, 0.3) is 0 Å². The van der Waals surface area contributed by atoms with Crippen LogP contribution in [0.5, 0.6) is 0 Å². The van der Waals surface area contributed by atoms with Crippen LogP contribution < -0.4 is 0 Å². The largest absolute Gasteiger partial charge is 0.481 e. The predicted molar refractivity (Wildman–Crippen MR) is 96.6 cm³/mol. The number of unbranched alkanes of at least 4 members (excludes halogenated alkanes) is 14. The second kappa shape index (κ2) is 23.1. The fraction of sp³-hybridized carbons (Fsp3) is 0.944. The summed E-state index contributed by atoms with van der Waals surface area (Å²) in [6.07, 6.45) is 20.2. The van der Waals surface area contributed by atoms with E-state index in [-0.39, 0.29) is 0 Å². The number of hydrogen-bond acceptors (Lipinski definition) is 2. The van der Waals surface area contributed by atoms with Crippen LogP contribution in [0.4, 0.5) is 0 Å². The first-order valence-corrected chi connectivity index (χ1v) is 9.41. The molecule has 0 saturated heterocycles. The lowest BCUT2D eigenvalue weighted by Gasteiger charge is -2.03. The molecule has 0 aliphatic rings. The van der Waals surface area contributed by atoms with Gasteiger partial charge in [-0.25, -0.2) is 0 Å². The summed E-state index contributed by atoms with van der Waals surface area (Å²) in [4.78, 5) is 12.1. The number of nitrogens with zero attached hydrogens (tertiary/aromatic N) is 2. The second-order valence-electron chi connectivity index (χ2n) is 6.19. The lowest BCUT2D eigenvalue weighted by molar-refractivity contribution is -0.137. The van der Waals surface area contributed by atoms with E-state index in [2.05, 4.69) is 6.92 Å². The molecule has 0 aromatic carbocycles. The van der Waals surface area contributed by atoms with Crippen molar-refractivity contribution in [1.29, 1.82) is 5.53 Å². The van der Waals surface area contributed by atoms with Crippen molar-refractivity contribution in [3.63, 3.8) is 0 Å². The van der Waals surface area contributed by atoms with E-state index >= 15 is 0 Å². The number of carboxylic acids is 1. The van der Waals surface area contributed by atoms with Gasteiger partial charge in [-0.3, -0.25) is 4.79 Å². The van der Waals surface area contributed by atoms with Crippen LogP contribution in [0, 0.1) is 5.53 Å². The Labute approximate surface area is 142 Å². The van der Waals surface area contributed by atoms with E-state index in [4.69, 9.17) is 16.2 Å². The van der Waals surface area contributed by atoms with Gasteiger partial charge in [-0.1, -0.05) is 96.8 Å². The molecule has 0 aromatic heterocycles. The Kier molecular flexibility index (Phi) is 24.1. The fourth-order valence-electron chi connectivity index (χ4n) is 2.65. The quantitative estimate of drug-likeness (QED) is 0.135. The Morgan fingerprint density at radius 3 is 1.30 bits per heavy atom. The van der Waals surface area contributed by atoms with E-state index in [9.17, 15) is 4.79 Å². The number of carboxylic acid groups (broad SMARTS) is 1. The van der Waals surface area contributed by atoms with Gasteiger partial charge in [0, 0.05) is 6.42 Å². The molecule has 0 rings (SSSR count). The van der Waals surface area contributed by atoms with Crippen molar-refractivity contribution in [2.75, 3.05) is 0 Å². The van der Waals surface area contributed by atoms with Crippen molar-refractivity contribution in [1.82, 2.24) is 0 Å². The highest BCUT2D eigenvalue weighted by molar-refractivity contribution is 5.66. The molecule has 0 heterocycles. The molecule has 0 aliphatic heterocycles. The number of nitrogens with one attached hydrogen (secondary N) is 1. The third kappa shape index (κ3) is 29.4. The van der Waals surface area contributed by atoms with Crippen molar-refractivity contribution < 1.29 is 9.90 Å². The van der Waals surface area contributed by atoms with Crippen molar-refractivity contribution >= 4 is 5.97 Å². The number of carbonyl (C=O) groups is 1. The lowest BCUT2D eigenvalue weighted by Crippen LogP contribution is -1.93. The fourth-order valence-corrected chi connectivity index (χ4v) is 2.65. The molecule has 0 spiro atoms. The number of aliphatic carboxylic acids is 1. The first kappa shape index (κ1) is 24.0. The molecule has 0 unspecified atom stereocenters. The minimum atomic E-state index is -0.653. The van der Waals surface area contributed by atoms with E-state index in [0.29, 0.717) is 6.42 Å². The molecule has 0 bridgehead atoms. The predicted octanol–water partition coefficient (Wildman–Crippen LogP) is 7.21. The molecule has 23 heavy (non-hydrogen) atoms. The summed E-state index contributed by atoms with van der Waals surface area (Å²) < 4.78 is 0. The first-order chi connectivity index (χ1) is 11.2. The molecule has 136 valence electrons. The van der Waals surface area contributed by atoms with Crippen LogP contribution in [0.1, 0.15) is 110 Å². The Bertz CT molecular complexity index is 277. The third-order valence-electron chi connectivity index (χ3n) is 3.99. The standard InChI is InChI=1S/C18H36O2.HN3/c1-2-3-4-5-6-7-8-9-10-11-12-13-14-15-16-17-18(19)20;1-3-2/h2-17H2,1H3,(H,19,20);1H. The molecule has 0 saturated carbocycles. The molecule has 2 N–H and O–H groups in total. The summed E-state index contributed by atoms with van der Waals surface area (Å²) in [5.41, 5.74) is 12.2. The molecule has 5 nitrogen and oxygen atoms in total. The zero-order valence-corrected chi connectivity index (χ0v) is 15.1. The van der Waals surface area contributed by atoms with Crippen LogP contribution in [0.15, 0.2) is 0 Å². The van der Waals surface area contributed by atoms with Gasteiger partial charge < -0.3 is 5.11 Å². The summed E-state index contributed by atoms with van der Waals surface area (Å²) in [7, 11) is 0. The summed E-state index contributed by atoms with van der Waals surface area (Å²) >= 11 is 0. The Morgan fingerprint density at radius 1 is 0.783 bits per heavy atom. The zero-order valence-electron chi connectivity index (χ0n) is 15.1. The van der Waals surface area contributed by atoms with Crippen LogP contribution in [0.25, 0.3) is 10.4 Å². The normalized spacial score (nSPS) is 9.78. The summed E-state index contributed by atoms with van der Waals surface area (Å²) in [6, 6.07) is 0. The number of rotatable bonds is 16. The van der Waals surface area contributed by atoms with Gasteiger partial charge in [-0.2, -0.15) is 0 Å². The van der Waals surface area contributed by atoms with Crippen molar-refractivity contribution in [3.05, 3.63) is 10.4 Å². The van der Waals surface area contributed by atoms with Gasteiger partial charge in [-0.15, -0.1) is 5.53 Å². The van der Waals surface area contributed by atoms with Gasteiger partial charge >= 0.3 is 5.97 Å². The van der Waals surface area contributed by atoms with Crippen molar-refractivity contribution in [2.45, 2.75) is 110 Å². The minimum Gasteiger partial charge on any atom is -0.481 e. The molecular weight excluding hydrogens is 290 g/mol. The van der Waals surface area contributed by atoms with Crippen LogP contribution in [0.3, 0.4) is 0 Å². The molecule has 5 heteroatoms. The lowest BCUT2D eigenvalue weighted by atomic mass is 10.0. The minimum absolute atomic E-state index is 0.345. The third-order valence-corrected chi connectivity index (χ3v) is 3.99. The van der Waals surface area contributed by atoms with Gasteiger partial charge in [-0.05, 0) is 16.9 Å². The highest BCUT2D eigenvalue weighted by Crippen LogP contribution is 2.13. The molecular formula is C18H37N3O2. The molecule has 0 atom stereocenters. The SMILES string of the molecule is CCCCCCCCCCCCCCCCCC(=O)O.[N-]=[N+]=N. The maximum absolute atomic E-state index is 10.3. The number of hydrogen-bond donors (Lipinski definition) is 2. The molecule has 0 aromatic rings. The summed E-state index contributed by atoms with van der Waals surface area (Å²) in [6.45, 7) is 2.27. The van der Waals surface area contributed by atoms with Gasteiger partial charge in [0.2, 0.25) is 0 Å². The Morgan fingerprint density at radius 2 is 1.04 bits per heavy atom.